The summed E-state index contributed by atoms with van der Waals surface area (Å²) in [5.41, 5.74) is 0. The molecule has 2 nitrogen and oxygen atoms in total. The van der Waals surface area contributed by atoms with Gasteiger partial charge >= 0.3 is 0 Å². The molecular formula is C17H36N2. The normalized spacial score (nSPS) is 25.4. The number of nitrogens with zero attached hydrogens (tertiary/aromatic N) is 1. The van der Waals surface area contributed by atoms with Crippen LogP contribution in [0.2, 0.25) is 0 Å². The summed E-state index contributed by atoms with van der Waals surface area (Å²) in [5.74, 6) is 1.64. The van der Waals surface area contributed by atoms with Crippen LogP contribution in [0.5, 0.6) is 0 Å². The predicted octanol–water partition coefficient (Wildman–Crippen LogP) is 3.91. The predicted molar refractivity (Wildman–Crippen MR) is 85.6 cm³/mol. The first-order valence-electron chi connectivity index (χ1n) is 8.48. The molecule has 1 aliphatic heterocycles. The van der Waals surface area contributed by atoms with Gasteiger partial charge in [0.05, 0.1) is 0 Å². The van der Waals surface area contributed by atoms with Gasteiger partial charge in [0.15, 0.2) is 0 Å². The first-order chi connectivity index (χ1) is 9.00. The van der Waals surface area contributed by atoms with Crippen LogP contribution in [0, 0.1) is 11.8 Å². The number of hydrogen-bond acceptors (Lipinski definition) is 2. The first-order valence-corrected chi connectivity index (χ1v) is 8.48. The number of rotatable bonds is 8. The zero-order valence-corrected chi connectivity index (χ0v) is 13.9. The Morgan fingerprint density at radius 2 is 1.74 bits per heavy atom. The lowest BCUT2D eigenvalue weighted by molar-refractivity contribution is 0.101. The summed E-state index contributed by atoms with van der Waals surface area (Å²) < 4.78 is 0. The number of hydrogen-bond donors (Lipinski definition) is 1. The van der Waals surface area contributed by atoms with E-state index in [-0.39, 0.29) is 0 Å². The molecule has 1 saturated heterocycles. The smallest absolute Gasteiger partial charge is 0.0244 e. The van der Waals surface area contributed by atoms with E-state index in [1.807, 2.05) is 0 Å². The van der Waals surface area contributed by atoms with E-state index in [1.165, 1.54) is 51.7 Å². The van der Waals surface area contributed by atoms with Crippen molar-refractivity contribution in [2.45, 2.75) is 78.8 Å². The minimum atomic E-state index is 0.663. The second-order valence-corrected chi connectivity index (χ2v) is 7.21. The summed E-state index contributed by atoms with van der Waals surface area (Å²) in [6.07, 6.45) is 7.04. The molecule has 114 valence electrons. The quantitative estimate of drug-likeness (QED) is 0.671. The third kappa shape index (κ3) is 6.76. The van der Waals surface area contributed by atoms with E-state index in [4.69, 9.17) is 0 Å². The average Bonchev–Trinajstić information content (AvgIpc) is 2.33. The van der Waals surface area contributed by atoms with Gasteiger partial charge in [-0.05, 0) is 31.7 Å². The first kappa shape index (κ1) is 17.0. The van der Waals surface area contributed by atoms with Crippen molar-refractivity contribution in [1.82, 2.24) is 10.2 Å². The van der Waals surface area contributed by atoms with Crippen molar-refractivity contribution in [2.75, 3.05) is 19.6 Å². The highest BCUT2D eigenvalue weighted by molar-refractivity contribution is 4.85. The maximum atomic E-state index is 3.62. The van der Waals surface area contributed by atoms with Crippen LogP contribution in [0.3, 0.4) is 0 Å². The molecule has 0 aliphatic carbocycles. The largest absolute Gasteiger partial charge is 0.311 e. The molecule has 0 spiro atoms. The fourth-order valence-electron chi connectivity index (χ4n) is 3.14. The van der Waals surface area contributed by atoms with Crippen LogP contribution < -0.4 is 5.32 Å². The Bertz CT molecular complexity index is 225. The molecule has 1 rings (SSSR count). The molecule has 1 fully saturated rings. The molecule has 0 saturated carbocycles. The topological polar surface area (TPSA) is 15.3 Å². The Hall–Kier alpha value is -0.0800. The fraction of sp³-hybridized carbons (Fsp3) is 1.00. The van der Waals surface area contributed by atoms with Gasteiger partial charge in [0.1, 0.15) is 0 Å². The summed E-state index contributed by atoms with van der Waals surface area (Å²) in [7, 11) is 0. The molecule has 2 heteroatoms. The van der Waals surface area contributed by atoms with Crippen molar-refractivity contribution in [1.29, 1.82) is 0 Å². The van der Waals surface area contributed by atoms with Crippen LogP contribution in [0.4, 0.5) is 0 Å². The van der Waals surface area contributed by atoms with Gasteiger partial charge in [-0.3, -0.25) is 4.90 Å². The molecular weight excluding hydrogens is 232 g/mol. The van der Waals surface area contributed by atoms with Crippen LogP contribution in [-0.2, 0) is 0 Å². The molecule has 19 heavy (non-hydrogen) atoms. The van der Waals surface area contributed by atoms with Gasteiger partial charge in [0.2, 0.25) is 0 Å². The lowest BCUT2D eigenvalue weighted by atomic mass is 9.98. The van der Waals surface area contributed by atoms with Crippen molar-refractivity contribution in [3.05, 3.63) is 0 Å². The molecule has 0 amide bonds. The number of piperazine rings is 1. The molecule has 1 heterocycles. The third-order valence-corrected chi connectivity index (χ3v) is 4.40. The summed E-state index contributed by atoms with van der Waals surface area (Å²) in [6.45, 7) is 15.4. The lowest BCUT2D eigenvalue weighted by Crippen LogP contribution is -2.57. The zero-order chi connectivity index (χ0) is 14.3. The van der Waals surface area contributed by atoms with Gasteiger partial charge in [-0.2, -0.15) is 0 Å². The standard InChI is InChI=1S/C17H36N2/c1-14(2)10-8-6-7-9-11-19-13-16(5)18-12-17(19)15(3)4/h14-18H,6-13H2,1-5H3. The highest BCUT2D eigenvalue weighted by Crippen LogP contribution is 2.17. The lowest BCUT2D eigenvalue weighted by Gasteiger charge is -2.41. The van der Waals surface area contributed by atoms with Gasteiger partial charge in [0, 0.05) is 25.2 Å². The van der Waals surface area contributed by atoms with Crippen LogP contribution in [0.15, 0.2) is 0 Å². The molecule has 0 radical (unpaired) electrons. The molecule has 0 aromatic carbocycles. The van der Waals surface area contributed by atoms with Crippen LogP contribution in [-0.4, -0.2) is 36.6 Å². The van der Waals surface area contributed by atoms with Crippen molar-refractivity contribution in [3.8, 4) is 0 Å². The minimum Gasteiger partial charge on any atom is -0.311 e. The third-order valence-electron chi connectivity index (χ3n) is 4.40. The zero-order valence-electron chi connectivity index (χ0n) is 13.9. The monoisotopic (exact) mass is 268 g/mol. The van der Waals surface area contributed by atoms with Crippen LogP contribution >= 0.6 is 0 Å². The molecule has 2 atom stereocenters. The Morgan fingerprint density at radius 3 is 2.37 bits per heavy atom. The summed E-state index contributed by atoms with van der Waals surface area (Å²) in [4.78, 5) is 2.73. The van der Waals surface area contributed by atoms with Crippen LogP contribution in [0.1, 0.15) is 66.7 Å². The fourth-order valence-corrected chi connectivity index (χ4v) is 3.14. The molecule has 0 aromatic rings. The van der Waals surface area contributed by atoms with E-state index in [2.05, 4.69) is 44.8 Å². The Labute approximate surface area is 121 Å². The highest BCUT2D eigenvalue weighted by Gasteiger charge is 2.27. The maximum absolute atomic E-state index is 3.62. The van der Waals surface area contributed by atoms with E-state index in [0.717, 1.165) is 17.9 Å². The van der Waals surface area contributed by atoms with E-state index < -0.39 is 0 Å². The van der Waals surface area contributed by atoms with Gasteiger partial charge < -0.3 is 5.32 Å². The SMILES string of the molecule is CC(C)CCCCCCN1CC(C)NCC1C(C)C. The molecule has 1 aliphatic rings. The van der Waals surface area contributed by atoms with E-state index in [0.29, 0.717) is 6.04 Å². The number of unbranched alkanes of at least 4 members (excludes halogenated alkanes) is 3. The summed E-state index contributed by atoms with van der Waals surface area (Å²) >= 11 is 0. The highest BCUT2D eigenvalue weighted by atomic mass is 15.2. The Kier molecular flexibility index (Phi) is 8.01. The van der Waals surface area contributed by atoms with E-state index >= 15 is 0 Å². The van der Waals surface area contributed by atoms with Gasteiger partial charge in [-0.25, -0.2) is 0 Å². The molecule has 1 N–H and O–H groups in total. The number of nitrogens with one attached hydrogen (secondary N) is 1. The molecule has 0 aromatic heterocycles. The van der Waals surface area contributed by atoms with Crippen molar-refractivity contribution >= 4 is 0 Å². The van der Waals surface area contributed by atoms with E-state index in [9.17, 15) is 0 Å². The van der Waals surface area contributed by atoms with Gasteiger partial charge in [-0.1, -0.05) is 53.4 Å². The van der Waals surface area contributed by atoms with Gasteiger partial charge in [-0.15, -0.1) is 0 Å². The van der Waals surface area contributed by atoms with Crippen LogP contribution in [0.25, 0.3) is 0 Å². The Balaban J connectivity index is 2.17. The van der Waals surface area contributed by atoms with Crippen molar-refractivity contribution in [3.63, 3.8) is 0 Å². The molecule has 2 unspecified atom stereocenters. The Morgan fingerprint density at radius 1 is 1.05 bits per heavy atom. The second-order valence-electron chi connectivity index (χ2n) is 7.21. The van der Waals surface area contributed by atoms with Crippen molar-refractivity contribution in [2.24, 2.45) is 11.8 Å². The van der Waals surface area contributed by atoms with Crippen molar-refractivity contribution < 1.29 is 0 Å². The second kappa shape index (κ2) is 8.97. The molecule has 0 bridgehead atoms. The van der Waals surface area contributed by atoms with Gasteiger partial charge in [0.25, 0.3) is 0 Å². The summed E-state index contributed by atoms with van der Waals surface area (Å²) in [5, 5.41) is 3.62. The minimum absolute atomic E-state index is 0.663. The van der Waals surface area contributed by atoms with E-state index in [1.54, 1.807) is 0 Å². The average molecular weight is 268 g/mol. The maximum Gasteiger partial charge on any atom is 0.0244 e. The summed E-state index contributed by atoms with van der Waals surface area (Å²) in [6, 6.07) is 1.41.